The van der Waals surface area contributed by atoms with Gasteiger partial charge >= 0.3 is 0 Å². The number of nitrogens with one attached hydrogen (secondary N) is 1. The summed E-state index contributed by atoms with van der Waals surface area (Å²) in [7, 11) is 0. The lowest BCUT2D eigenvalue weighted by molar-refractivity contribution is -0.602. The number of dihydropyridines is 1. The standard InChI is InChI=1S/C13H18N2O6/c1-13(10-3-2-9(12(19)20)15(10)21)11(18)8(6-17)7(5-16)4-14-13/h4,9-10,14,16-17H,2-3,5-6H2,1H3,(H-,18,19,20). The quantitative estimate of drug-likeness (QED) is 0.445. The topological polar surface area (TPSA) is 133 Å². The fourth-order valence-corrected chi connectivity index (χ4v) is 2.98. The summed E-state index contributed by atoms with van der Waals surface area (Å²) < 4.78 is 0.422. The molecular weight excluding hydrogens is 280 g/mol. The molecule has 2 aliphatic heterocycles. The number of carbonyl (C=O) groups excluding carboxylic acids is 1. The van der Waals surface area contributed by atoms with E-state index < -0.39 is 30.2 Å². The molecule has 2 heterocycles. The summed E-state index contributed by atoms with van der Waals surface area (Å²) >= 11 is 0. The van der Waals surface area contributed by atoms with Gasteiger partial charge < -0.3 is 30.5 Å². The van der Waals surface area contributed by atoms with Crippen molar-refractivity contribution in [1.29, 1.82) is 0 Å². The predicted octanol–water partition coefficient (Wildman–Crippen LogP) is -1.91. The van der Waals surface area contributed by atoms with Gasteiger partial charge in [-0.3, -0.25) is 0 Å². The maximum atomic E-state index is 12.1. The van der Waals surface area contributed by atoms with E-state index in [0.29, 0.717) is 10.3 Å². The van der Waals surface area contributed by atoms with Crippen LogP contribution in [0.2, 0.25) is 0 Å². The summed E-state index contributed by atoms with van der Waals surface area (Å²) in [6, 6.07) is -2.07. The molecule has 0 aromatic carbocycles. The molecule has 0 aromatic heterocycles. The van der Waals surface area contributed by atoms with Crippen LogP contribution in [0.25, 0.3) is 0 Å². The van der Waals surface area contributed by atoms with Gasteiger partial charge in [-0.15, -0.1) is 0 Å². The van der Waals surface area contributed by atoms with Crippen LogP contribution in [0.3, 0.4) is 0 Å². The van der Waals surface area contributed by atoms with Crippen LogP contribution < -0.4 is 10.4 Å². The summed E-state index contributed by atoms with van der Waals surface area (Å²) in [6.45, 7) is 0.678. The molecule has 3 unspecified atom stereocenters. The lowest BCUT2D eigenvalue weighted by Crippen LogP contribution is -2.57. The molecule has 1 fully saturated rings. The van der Waals surface area contributed by atoms with Crippen molar-refractivity contribution in [2.24, 2.45) is 0 Å². The number of carboxylic acid groups (broad SMARTS) is 1. The lowest BCUT2D eigenvalue weighted by atomic mass is 9.83. The zero-order valence-corrected chi connectivity index (χ0v) is 11.6. The summed E-state index contributed by atoms with van der Waals surface area (Å²) in [4.78, 5) is 23.0. The van der Waals surface area contributed by atoms with Crippen LogP contribution in [0.15, 0.2) is 23.1 Å². The fraction of sp³-hybridized carbons (Fsp3) is 0.615. The molecule has 0 amide bonds. The Morgan fingerprint density at radius 3 is 2.62 bits per heavy atom. The van der Waals surface area contributed by atoms with Crippen LogP contribution in [0.4, 0.5) is 0 Å². The minimum absolute atomic E-state index is 0.131. The second-order valence-electron chi connectivity index (χ2n) is 5.45. The zero-order valence-electron chi connectivity index (χ0n) is 11.6. The molecule has 2 aliphatic rings. The predicted molar refractivity (Wildman–Crippen MR) is 68.9 cm³/mol. The highest BCUT2D eigenvalue weighted by atomic mass is 16.4. The first kappa shape index (κ1) is 15.5. The van der Waals surface area contributed by atoms with Crippen molar-refractivity contribution >= 4 is 5.97 Å². The monoisotopic (exact) mass is 298 g/mol. The third-order valence-electron chi connectivity index (χ3n) is 4.31. The van der Waals surface area contributed by atoms with Crippen molar-refractivity contribution in [3.63, 3.8) is 0 Å². The third kappa shape index (κ3) is 2.30. The van der Waals surface area contributed by atoms with Gasteiger partial charge in [0.2, 0.25) is 12.1 Å². The number of aliphatic hydroxyl groups is 3. The largest absolute Gasteiger partial charge is 0.543 e. The Hall–Kier alpha value is -1.93. The molecule has 8 nitrogen and oxygen atoms in total. The average Bonchev–Trinajstić information content (AvgIpc) is 2.84. The number of aliphatic carboxylic acids is 1. The van der Waals surface area contributed by atoms with Gasteiger partial charge in [-0.1, -0.05) is 0 Å². The third-order valence-corrected chi connectivity index (χ3v) is 4.31. The van der Waals surface area contributed by atoms with Crippen LogP contribution in [0.1, 0.15) is 19.8 Å². The van der Waals surface area contributed by atoms with Crippen LogP contribution in [-0.2, 0) is 4.79 Å². The summed E-state index contributed by atoms with van der Waals surface area (Å²) in [5.41, 5.74) is -0.772. The molecule has 2 rings (SSSR count). The second-order valence-corrected chi connectivity index (χ2v) is 5.45. The maximum Gasteiger partial charge on any atom is 0.241 e. The molecule has 8 heteroatoms. The number of aliphatic hydroxyl groups excluding tert-OH is 3. The van der Waals surface area contributed by atoms with E-state index >= 15 is 0 Å². The lowest BCUT2D eigenvalue weighted by Gasteiger charge is -2.35. The zero-order chi connectivity index (χ0) is 15.8. The van der Waals surface area contributed by atoms with Gasteiger partial charge in [0, 0.05) is 39.9 Å². The van der Waals surface area contributed by atoms with Crippen LogP contribution in [-0.4, -0.2) is 56.9 Å². The van der Waals surface area contributed by atoms with Crippen LogP contribution in [0.5, 0.6) is 0 Å². The van der Waals surface area contributed by atoms with Crippen molar-refractivity contribution in [3.05, 3.63) is 28.0 Å². The Balaban J connectivity index is 2.36. The van der Waals surface area contributed by atoms with E-state index in [1.165, 1.54) is 6.20 Å². The number of nitrogens with zero attached hydrogens (tertiary/aromatic N) is 1. The molecule has 0 aliphatic carbocycles. The van der Waals surface area contributed by atoms with E-state index in [1.54, 1.807) is 6.92 Å². The van der Waals surface area contributed by atoms with Crippen molar-refractivity contribution < 1.29 is 30.0 Å². The molecule has 0 spiro atoms. The Bertz CT molecular complexity index is 541. The summed E-state index contributed by atoms with van der Waals surface area (Å²) in [6.07, 6.45) is 1.81. The average molecular weight is 298 g/mol. The van der Waals surface area contributed by atoms with E-state index in [2.05, 4.69) is 5.32 Å². The van der Waals surface area contributed by atoms with E-state index in [0.717, 1.165) is 0 Å². The van der Waals surface area contributed by atoms with Gasteiger partial charge in [-0.2, -0.15) is 0 Å². The summed E-state index contributed by atoms with van der Waals surface area (Å²) in [5.74, 6) is -1.70. The highest BCUT2D eigenvalue weighted by Gasteiger charge is 2.56. The highest BCUT2D eigenvalue weighted by Crippen LogP contribution is 2.36. The molecule has 0 saturated carbocycles. The smallest absolute Gasteiger partial charge is 0.241 e. The molecule has 0 radical (unpaired) electrons. The first-order chi connectivity index (χ1) is 9.86. The second kappa shape index (κ2) is 5.45. The Labute approximate surface area is 121 Å². The van der Waals surface area contributed by atoms with Crippen LogP contribution in [0, 0.1) is 4.91 Å². The number of hydrogen-bond donors (Lipinski definition) is 4. The van der Waals surface area contributed by atoms with E-state index in [1.807, 2.05) is 0 Å². The van der Waals surface area contributed by atoms with Gasteiger partial charge in [0.1, 0.15) is 11.7 Å². The number of carbonyl (C=O) groups is 1. The molecule has 116 valence electrons. The summed E-state index contributed by atoms with van der Waals surface area (Å²) in [5, 5.41) is 42.7. The fourth-order valence-electron chi connectivity index (χ4n) is 2.98. The highest BCUT2D eigenvalue weighted by molar-refractivity contribution is 5.69. The minimum Gasteiger partial charge on any atom is -0.543 e. The van der Waals surface area contributed by atoms with Crippen molar-refractivity contribution in [3.8, 4) is 0 Å². The molecular formula is C13H18N2O6. The van der Waals surface area contributed by atoms with Gasteiger partial charge in [0.05, 0.1) is 13.2 Å². The number of nitroso groups, excluding NO2 is 1. The number of hydrogen-bond acceptors (Lipinski definition) is 7. The molecule has 3 atom stereocenters. The molecule has 21 heavy (non-hydrogen) atoms. The van der Waals surface area contributed by atoms with Gasteiger partial charge in [-0.25, -0.2) is 0 Å². The minimum atomic E-state index is -1.44. The molecule has 0 aromatic rings. The van der Waals surface area contributed by atoms with Crippen LogP contribution >= 0.6 is 0 Å². The van der Waals surface area contributed by atoms with E-state index in [4.69, 9.17) is 0 Å². The SMILES string of the molecule is CC1(C2CCC(C(=O)[O-])[N+]2=O)NC=C(CO)C(CO)=C1O. The van der Waals surface area contributed by atoms with E-state index in [9.17, 15) is 30.1 Å². The first-order valence-corrected chi connectivity index (χ1v) is 6.64. The van der Waals surface area contributed by atoms with E-state index in [-0.39, 0.29) is 30.8 Å². The Morgan fingerprint density at radius 1 is 1.48 bits per heavy atom. The molecule has 1 saturated heterocycles. The van der Waals surface area contributed by atoms with Crippen molar-refractivity contribution in [2.45, 2.75) is 37.4 Å². The Morgan fingerprint density at radius 2 is 2.14 bits per heavy atom. The molecule has 4 N–H and O–H groups in total. The maximum absolute atomic E-state index is 12.1. The van der Waals surface area contributed by atoms with Gasteiger partial charge in [0.25, 0.3) is 0 Å². The Kier molecular flexibility index (Phi) is 4.02. The van der Waals surface area contributed by atoms with Crippen molar-refractivity contribution in [1.82, 2.24) is 5.32 Å². The first-order valence-electron chi connectivity index (χ1n) is 6.64. The number of carboxylic acids is 1. The molecule has 0 bridgehead atoms. The number of rotatable bonds is 4. The van der Waals surface area contributed by atoms with Crippen molar-refractivity contribution in [2.75, 3.05) is 13.2 Å². The normalized spacial score (nSPS) is 32.9. The van der Waals surface area contributed by atoms with Gasteiger partial charge in [-0.05, 0) is 6.92 Å². The van der Waals surface area contributed by atoms with Gasteiger partial charge in [0.15, 0.2) is 5.54 Å².